The van der Waals surface area contributed by atoms with Crippen LogP contribution in [0.5, 0.6) is 5.75 Å². The summed E-state index contributed by atoms with van der Waals surface area (Å²) >= 11 is 0. The van der Waals surface area contributed by atoms with Crippen LogP contribution in [0.1, 0.15) is 46.6 Å². The molecule has 0 bridgehead atoms. The molecule has 0 atom stereocenters. The second kappa shape index (κ2) is 4.56. The van der Waals surface area contributed by atoms with Crippen LogP contribution in [0.25, 0.3) is 10.8 Å². The first kappa shape index (κ1) is 13.9. The first-order chi connectivity index (χ1) is 8.69. The van der Waals surface area contributed by atoms with E-state index >= 15 is 0 Å². The largest absolute Gasteiger partial charge is 0.508 e. The van der Waals surface area contributed by atoms with Crippen molar-refractivity contribution in [3.05, 3.63) is 42.0 Å². The molecule has 1 heteroatoms. The highest BCUT2D eigenvalue weighted by molar-refractivity contribution is 5.88. The van der Waals surface area contributed by atoms with Crippen LogP contribution in [0.3, 0.4) is 0 Å². The summed E-state index contributed by atoms with van der Waals surface area (Å²) in [7, 11) is 0. The lowest BCUT2D eigenvalue weighted by Gasteiger charge is -2.34. The normalized spacial score (nSPS) is 12.9. The van der Waals surface area contributed by atoms with Gasteiger partial charge in [0.25, 0.3) is 0 Å². The van der Waals surface area contributed by atoms with Gasteiger partial charge in [-0.1, -0.05) is 58.9 Å². The molecular weight excluding hydrogens is 232 g/mol. The number of benzene rings is 2. The van der Waals surface area contributed by atoms with Crippen molar-refractivity contribution >= 4 is 10.8 Å². The number of hydrogen-bond donors (Lipinski definition) is 1. The Balaban J connectivity index is 2.61. The minimum Gasteiger partial charge on any atom is -0.508 e. The molecule has 0 aliphatic carbocycles. The van der Waals surface area contributed by atoms with E-state index in [0.717, 1.165) is 11.8 Å². The van der Waals surface area contributed by atoms with Crippen molar-refractivity contribution in [3.63, 3.8) is 0 Å². The Kier molecular flexibility index (Phi) is 3.34. The second-order valence-electron chi connectivity index (χ2n) is 7.34. The van der Waals surface area contributed by atoms with Gasteiger partial charge in [0.15, 0.2) is 0 Å². The maximum Gasteiger partial charge on any atom is 0.116 e. The van der Waals surface area contributed by atoms with Gasteiger partial charge in [0.2, 0.25) is 0 Å². The van der Waals surface area contributed by atoms with Crippen molar-refractivity contribution in [2.24, 2.45) is 5.41 Å². The minimum absolute atomic E-state index is 0.0383. The molecule has 0 radical (unpaired) electrons. The Hall–Kier alpha value is -1.50. The predicted molar refractivity (Wildman–Crippen MR) is 82.7 cm³/mol. The highest BCUT2D eigenvalue weighted by Crippen LogP contribution is 2.40. The molecule has 0 aromatic heterocycles. The molecule has 0 spiro atoms. The van der Waals surface area contributed by atoms with Crippen LogP contribution in [0.4, 0.5) is 0 Å². The van der Waals surface area contributed by atoms with Gasteiger partial charge in [0.1, 0.15) is 5.75 Å². The van der Waals surface area contributed by atoms with Crippen molar-refractivity contribution in [2.75, 3.05) is 0 Å². The predicted octanol–water partition coefficient (Wildman–Crippen LogP) is 5.26. The van der Waals surface area contributed by atoms with Crippen molar-refractivity contribution in [2.45, 2.75) is 46.5 Å². The zero-order valence-corrected chi connectivity index (χ0v) is 12.6. The maximum absolute atomic E-state index is 9.97. The summed E-state index contributed by atoms with van der Waals surface area (Å²) < 4.78 is 0. The molecule has 2 aromatic rings. The highest BCUT2D eigenvalue weighted by Gasteiger charge is 2.29. The fourth-order valence-corrected chi connectivity index (χ4v) is 3.28. The summed E-state index contributed by atoms with van der Waals surface area (Å²) in [6.07, 6.45) is 1.08. The third kappa shape index (κ3) is 3.09. The SMILES string of the molecule is CC(C)(C)CC(C)(C)c1cc(O)cc2ccccc12. The fourth-order valence-electron chi connectivity index (χ4n) is 3.28. The van der Waals surface area contributed by atoms with E-state index in [1.54, 1.807) is 0 Å². The molecule has 2 aromatic carbocycles. The number of phenolic OH excluding ortho intramolecular Hbond substituents is 1. The number of aromatic hydroxyl groups is 1. The molecule has 1 nitrogen and oxygen atoms in total. The van der Waals surface area contributed by atoms with E-state index in [2.05, 4.69) is 52.8 Å². The Morgan fingerprint density at radius 2 is 1.58 bits per heavy atom. The Morgan fingerprint density at radius 3 is 2.21 bits per heavy atom. The van der Waals surface area contributed by atoms with Gasteiger partial charge in [-0.25, -0.2) is 0 Å². The Labute approximate surface area is 116 Å². The van der Waals surface area contributed by atoms with Crippen LogP contribution in [-0.2, 0) is 5.41 Å². The number of rotatable bonds is 2. The Bertz CT molecular complexity index is 588. The molecule has 0 amide bonds. The molecule has 102 valence electrons. The van der Waals surface area contributed by atoms with E-state index in [0.29, 0.717) is 5.75 Å². The lowest BCUT2D eigenvalue weighted by Crippen LogP contribution is -2.25. The molecule has 0 aliphatic rings. The van der Waals surface area contributed by atoms with Crippen LogP contribution in [0.15, 0.2) is 36.4 Å². The monoisotopic (exact) mass is 256 g/mol. The zero-order chi connectivity index (χ0) is 14.3. The first-order valence-electron chi connectivity index (χ1n) is 6.91. The van der Waals surface area contributed by atoms with Gasteiger partial charge >= 0.3 is 0 Å². The van der Waals surface area contributed by atoms with E-state index < -0.39 is 0 Å². The third-order valence-electron chi connectivity index (χ3n) is 3.55. The van der Waals surface area contributed by atoms with Gasteiger partial charge in [-0.2, -0.15) is 0 Å². The quantitative estimate of drug-likeness (QED) is 0.777. The molecule has 19 heavy (non-hydrogen) atoms. The second-order valence-corrected chi connectivity index (χ2v) is 7.34. The van der Waals surface area contributed by atoms with Crippen molar-refractivity contribution in [1.29, 1.82) is 0 Å². The summed E-state index contributed by atoms with van der Waals surface area (Å²) in [4.78, 5) is 0. The summed E-state index contributed by atoms with van der Waals surface area (Å²) in [6, 6.07) is 12.1. The van der Waals surface area contributed by atoms with Gasteiger partial charge < -0.3 is 5.11 Å². The standard InChI is InChI=1S/C18H24O/c1-17(2,3)12-18(4,5)16-11-14(19)10-13-8-6-7-9-15(13)16/h6-11,19H,12H2,1-5H3. The smallest absolute Gasteiger partial charge is 0.116 e. The van der Waals surface area contributed by atoms with Gasteiger partial charge in [-0.05, 0) is 45.7 Å². The topological polar surface area (TPSA) is 20.2 Å². The van der Waals surface area contributed by atoms with Crippen LogP contribution >= 0.6 is 0 Å². The molecular formula is C18H24O. The van der Waals surface area contributed by atoms with Crippen LogP contribution in [-0.4, -0.2) is 5.11 Å². The Morgan fingerprint density at radius 1 is 0.947 bits per heavy atom. The summed E-state index contributed by atoms with van der Waals surface area (Å²) in [6.45, 7) is 11.3. The number of hydrogen-bond acceptors (Lipinski definition) is 1. The van der Waals surface area contributed by atoms with Crippen molar-refractivity contribution < 1.29 is 5.11 Å². The third-order valence-corrected chi connectivity index (χ3v) is 3.55. The van der Waals surface area contributed by atoms with E-state index in [4.69, 9.17) is 0 Å². The fraction of sp³-hybridized carbons (Fsp3) is 0.444. The van der Waals surface area contributed by atoms with Crippen molar-refractivity contribution in [1.82, 2.24) is 0 Å². The molecule has 0 fully saturated rings. The van der Waals surface area contributed by atoms with Crippen LogP contribution in [0, 0.1) is 5.41 Å². The van der Waals surface area contributed by atoms with Crippen LogP contribution < -0.4 is 0 Å². The van der Waals surface area contributed by atoms with E-state index in [-0.39, 0.29) is 10.8 Å². The lowest BCUT2D eigenvalue weighted by molar-refractivity contribution is 0.285. The molecule has 0 heterocycles. The number of fused-ring (bicyclic) bond motifs is 1. The lowest BCUT2D eigenvalue weighted by atomic mass is 9.71. The average Bonchev–Trinajstić information content (AvgIpc) is 2.24. The van der Waals surface area contributed by atoms with E-state index in [1.165, 1.54) is 10.9 Å². The zero-order valence-electron chi connectivity index (χ0n) is 12.6. The molecule has 0 saturated carbocycles. The molecule has 0 saturated heterocycles. The number of phenols is 1. The van der Waals surface area contributed by atoms with Gasteiger partial charge in [0.05, 0.1) is 0 Å². The maximum atomic E-state index is 9.97. The highest BCUT2D eigenvalue weighted by atomic mass is 16.3. The van der Waals surface area contributed by atoms with Gasteiger partial charge in [0, 0.05) is 0 Å². The summed E-state index contributed by atoms with van der Waals surface area (Å²) in [5.74, 6) is 0.357. The van der Waals surface area contributed by atoms with E-state index in [9.17, 15) is 5.11 Å². The van der Waals surface area contributed by atoms with Gasteiger partial charge in [-0.3, -0.25) is 0 Å². The van der Waals surface area contributed by atoms with E-state index in [1.807, 2.05) is 18.2 Å². The summed E-state index contributed by atoms with van der Waals surface area (Å²) in [5, 5.41) is 12.3. The molecule has 0 aliphatic heterocycles. The summed E-state index contributed by atoms with van der Waals surface area (Å²) in [5.41, 5.74) is 1.53. The van der Waals surface area contributed by atoms with Crippen LogP contribution in [0.2, 0.25) is 0 Å². The van der Waals surface area contributed by atoms with Gasteiger partial charge in [-0.15, -0.1) is 0 Å². The molecule has 1 N–H and O–H groups in total. The van der Waals surface area contributed by atoms with Crippen molar-refractivity contribution in [3.8, 4) is 5.75 Å². The molecule has 0 unspecified atom stereocenters. The first-order valence-corrected chi connectivity index (χ1v) is 6.91. The minimum atomic E-state index is 0.0383. The molecule has 2 rings (SSSR count). The average molecular weight is 256 g/mol.